The molecule has 110 valence electrons. The van der Waals surface area contributed by atoms with Crippen molar-refractivity contribution in [2.75, 3.05) is 5.75 Å². The highest BCUT2D eigenvalue weighted by molar-refractivity contribution is 8.00. The Kier molecular flexibility index (Phi) is 5.44. The summed E-state index contributed by atoms with van der Waals surface area (Å²) in [6.45, 7) is 6.64. The van der Waals surface area contributed by atoms with Crippen LogP contribution in [0.15, 0.2) is 0 Å². The molecule has 2 aliphatic rings. The van der Waals surface area contributed by atoms with Crippen LogP contribution in [0.1, 0.15) is 40.0 Å². The van der Waals surface area contributed by atoms with Crippen molar-refractivity contribution in [1.29, 1.82) is 0 Å². The van der Waals surface area contributed by atoms with Crippen LogP contribution in [0, 0.1) is 17.8 Å². The standard InChI is InChI=1S/C14H23ClO3S/c1-8(2)10-5-4-9(3)6-11(10)17-13(16)14-18-12(15)7-19-14/h8-12,14H,4-7H2,1-3H3/t9-,10+,11-,12+,14-/m1/s1. The van der Waals surface area contributed by atoms with Crippen LogP contribution in [0.5, 0.6) is 0 Å². The smallest absolute Gasteiger partial charge is 0.346 e. The predicted octanol–water partition coefficient (Wildman–Crippen LogP) is 3.64. The Morgan fingerprint density at radius 3 is 2.74 bits per heavy atom. The second-order valence-corrected chi connectivity index (χ2v) is 7.59. The molecular formula is C14H23ClO3S. The Labute approximate surface area is 124 Å². The fraction of sp³-hybridized carbons (Fsp3) is 0.929. The van der Waals surface area contributed by atoms with Gasteiger partial charge in [-0.1, -0.05) is 38.8 Å². The van der Waals surface area contributed by atoms with E-state index in [9.17, 15) is 4.79 Å². The van der Waals surface area contributed by atoms with Crippen LogP contribution >= 0.6 is 23.4 Å². The maximum Gasteiger partial charge on any atom is 0.346 e. The van der Waals surface area contributed by atoms with E-state index in [1.165, 1.54) is 18.2 Å². The van der Waals surface area contributed by atoms with Gasteiger partial charge in [-0.05, 0) is 30.6 Å². The molecule has 0 N–H and O–H groups in total. The monoisotopic (exact) mass is 306 g/mol. The summed E-state index contributed by atoms with van der Waals surface area (Å²) in [6, 6.07) is 0. The van der Waals surface area contributed by atoms with Crippen molar-refractivity contribution in [2.24, 2.45) is 17.8 Å². The fourth-order valence-corrected chi connectivity index (χ4v) is 4.15. The Balaban J connectivity index is 1.92. The fourth-order valence-electron chi connectivity index (χ4n) is 2.95. The van der Waals surface area contributed by atoms with E-state index in [1.54, 1.807) is 0 Å². The van der Waals surface area contributed by atoms with E-state index in [0.717, 1.165) is 12.8 Å². The molecule has 0 radical (unpaired) electrons. The van der Waals surface area contributed by atoms with Crippen LogP contribution in [0.2, 0.25) is 0 Å². The molecule has 3 nitrogen and oxygen atoms in total. The zero-order valence-corrected chi connectivity index (χ0v) is 13.4. The largest absolute Gasteiger partial charge is 0.459 e. The van der Waals surface area contributed by atoms with Gasteiger partial charge in [0.1, 0.15) is 11.7 Å². The second kappa shape index (κ2) is 6.68. The summed E-state index contributed by atoms with van der Waals surface area (Å²) in [5.74, 6) is 2.04. The number of carbonyl (C=O) groups is 1. The molecule has 0 bridgehead atoms. The number of hydrogen-bond donors (Lipinski definition) is 0. The van der Waals surface area contributed by atoms with Gasteiger partial charge < -0.3 is 9.47 Å². The van der Waals surface area contributed by atoms with E-state index < -0.39 is 5.44 Å². The van der Waals surface area contributed by atoms with Gasteiger partial charge >= 0.3 is 5.97 Å². The Bertz CT molecular complexity index is 324. The van der Waals surface area contributed by atoms with Gasteiger partial charge in [-0.3, -0.25) is 0 Å². The Morgan fingerprint density at radius 2 is 2.16 bits per heavy atom. The van der Waals surface area contributed by atoms with Crippen LogP contribution < -0.4 is 0 Å². The average molecular weight is 307 g/mol. The van der Waals surface area contributed by atoms with Crippen molar-refractivity contribution in [3.05, 3.63) is 0 Å². The van der Waals surface area contributed by atoms with Gasteiger partial charge in [-0.25, -0.2) is 4.79 Å². The lowest BCUT2D eigenvalue weighted by Crippen LogP contribution is -2.38. The molecule has 2 fully saturated rings. The number of esters is 1. The summed E-state index contributed by atoms with van der Waals surface area (Å²) in [5, 5.41) is 0. The highest BCUT2D eigenvalue weighted by atomic mass is 35.5. The molecule has 1 saturated heterocycles. The molecule has 0 aromatic carbocycles. The van der Waals surface area contributed by atoms with Gasteiger partial charge in [0.05, 0.1) is 0 Å². The van der Waals surface area contributed by atoms with Gasteiger partial charge in [0.15, 0.2) is 0 Å². The molecule has 0 unspecified atom stereocenters. The summed E-state index contributed by atoms with van der Waals surface area (Å²) >= 11 is 7.27. The van der Waals surface area contributed by atoms with Gasteiger partial charge in [-0.2, -0.15) is 0 Å². The first-order valence-electron chi connectivity index (χ1n) is 7.09. The summed E-state index contributed by atoms with van der Waals surface area (Å²) in [4.78, 5) is 12.1. The van der Waals surface area contributed by atoms with Crippen molar-refractivity contribution in [2.45, 2.75) is 57.1 Å². The zero-order chi connectivity index (χ0) is 14.0. The van der Waals surface area contributed by atoms with E-state index in [0.29, 0.717) is 23.5 Å². The Morgan fingerprint density at radius 1 is 1.42 bits per heavy atom. The van der Waals surface area contributed by atoms with E-state index >= 15 is 0 Å². The van der Waals surface area contributed by atoms with Crippen molar-refractivity contribution in [3.8, 4) is 0 Å². The predicted molar refractivity (Wildman–Crippen MR) is 78.2 cm³/mol. The molecule has 5 heteroatoms. The molecule has 0 spiro atoms. The molecule has 2 rings (SSSR count). The number of hydrogen-bond acceptors (Lipinski definition) is 4. The third kappa shape index (κ3) is 4.02. The molecule has 0 amide bonds. The SMILES string of the molecule is CC(C)[C@@H]1CC[C@@H](C)C[C@H]1OC(=O)[C@@H]1O[C@H](Cl)CS1. The van der Waals surface area contributed by atoms with Crippen LogP contribution in [0.3, 0.4) is 0 Å². The quantitative estimate of drug-likeness (QED) is 0.589. The zero-order valence-electron chi connectivity index (χ0n) is 11.8. The number of thioether (sulfide) groups is 1. The first-order chi connectivity index (χ1) is 8.97. The highest BCUT2D eigenvalue weighted by Gasteiger charge is 2.37. The lowest BCUT2D eigenvalue weighted by atomic mass is 9.75. The minimum absolute atomic E-state index is 0.0369. The van der Waals surface area contributed by atoms with E-state index in [-0.39, 0.29) is 17.6 Å². The first-order valence-corrected chi connectivity index (χ1v) is 8.57. The normalized spacial score (nSPS) is 39.5. The maximum atomic E-state index is 12.1. The van der Waals surface area contributed by atoms with Crippen molar-refractivity contribution >= 4 is 29.3 Å². The highest BCUT2D eigenvalue weighted by Crippen LogP contribution is 2.36. The minimum atomic E-state index is -0.535. The molecule has 1 aliphatic heterocycles. The van der Waals surface area contributed by atoms with Crippen molar-refractivity contribution < 1.29 is 14.3 Å². The lowest BCUT2D eigenvalue weighted by Gasteiger charge is -2.37. The average Bonchev–Trinajstić information content (AvgIpc) is 2.75. The second-order valence-electron chi connectivity index (χ2n) is 6.01. The van der Waals surface area contributed by atoms with Crippen molar-refractivity contribution in [3.63, 3.8) is 0 Å². The minimum Gasteiger partial charge on any atom is -0.459 e. The van der Waals surface area contributed by atoms with E-state index in [4.69, 9.17) is 21.1 Å². The third-order valence-corrected chi connectivity index (χ3v) is 5.61. The topological polar surface area (TPSA) is 35.5 Å². The molecule has 19 heavy (non-hydrogen) atoms. The van der Waals surface area contributed by atoms with Crippen LogP contribution in [-0.4, -0.2) is 28.8 Å². The third-order valence-electron chi connectivity index (χ3n) is 4.07. The van der Waals surface area contributed by atoms with Crippen LogP contribution in [0.4, 0.5) is 0 Å². The first kappa shape index (κ1) is 15.5. The molecule has 5 atom stereocenters. The number of rotatable bonds is 3. The van der Waals surface area contributed by atoms with Crippen molar-refractivity contribution in [1.82, 2.24) is 0 Å². The molecular weight excluding hydrogens is 284 g/mol. The molecule has 1 saturated carbocycles. The summed E-state index contributed by atoms with van der Waals surface area (Å²) in [6.07, 6.45) is 3.38. The maximum absolute atomic E-state index is 12.1. The molecule has 1 aliphatic carbocycles. The summed E-state index contributed by atoms with van der Waals surface area (Å²) in [7, 11) is 0. The van der Waals surface area contributed by atoms with Gasteiger partial charge in [0.25, 0.3) is 0 Å². The van der Waals surface area contributed by atoms with Crippen LogP contribution in [0.25, 0.3) is 0 Å². The van der Waals surface area contributed by atoms with E-state index in [1.807, 2.05) is 0 Å². The van der Waals surface area contributed by atoms with Gasteiger partial charge in [-0.15, -0.1) is 11.8 Å². The molecule has 0 aromatic rings. The van der Waals surface area contributed by atoms with Gasteiger partial charge in [0.2, 0.25) is 5.44 Å². The molecule has 1 heterocycles. The lowest BCUT2D eigenvalue weighted by molar-refractivity contribution is -0.163. The summed E-state index contributed by atoms with van der Waals surface area (Å²) in [5.41, 5.74) is -0.902. The summed E-state index contributed by atoms with van der Waals surface area (Å²) < 4.78 is 11.1. The van der Waals surface area contributed by atoms with Crippen LogP contribution in [-0.2, 0) is 14.3 Å². The Hall–Kier alpha value is 0.0700. The number of carbonyl (C=O) groups excluding carboxylic acids is 1. The molecule has 0 aromatic heterocycles. The number of halogens is 1. The number of alkyl halides is 1. The van der Waals surface area contributed by atoms with Gasteiger partial charge in [0, 0.05) is 5.75 Å². The number of ether oxygens (including phenoxy) is 2. The van der Waals surface area contributed by atoms with E-state index in [2.05, 4.69) is 20.8 Å².